The fraction of sp³-hybridized carbons (Fsp3) is 0.350. The summed E-state index contributed by atoms with van der Waals surface area (Å²) in [5, 5.41) is -0.170. The maximum Gasteiger partial charge on any atom is 0.331 e. The second-order valence-corrected chi connectivity index (χ2v) is 9.81. The van der Waals surface area contributed by atoms with Gasteiger partial charge in [0.05, 0.1) is 17.1 Å². The van der Waals surface area contributed by atoms with E-state index in [0.29, 0.717) is 24.0 Å². The lowest BCUT2D eigenvalue weighted by atomic mass is 10.1. The number of Topliss-reactive ketones (excluding diaryl/α,β-unsaturated/α-hetero) is 1. The van der Waals surface area contributed by atoms with Crippen LogP contribution in [0.1, 0.15) is 25.8 Å². The number of hydrogen-bond acceptors (Lipinski definition) is 5. The molecule has 31 heavy (non-hydrogen) atoms. The largest absolute Gasteiger partial charge is 0.331 e. The van der Waals surface area contributed by atoms with E-state index in [-0.39, 0.29) is 47.1 Å². The second-order valence-electron chi connectivity index (χ2n) is 7.50. The van der Waals surface area contributed by atoms with Crippen molar-refractivity contribution >= 4 is 38.6 Å². The van der Waals surface area contributed by atoms with Crippen molar-refractivity contribution in [3.05, 3.63) is 57.9 Å². The molecular formula is C20H20ClFN4O4S. The molecule has 1 aliphatic rings. The van der Waals surface area contributed by atoms with Crippen LogP contribution in [0.25, 0.3) is 11.2 Å². The number of carbonyl (C=O) groups is 1. The summed E-state index contributed by atoms with van der Waals surface area (Å²) in [6.45, 7) is 1.68. The SMILES string of the molecule is CC(=O)Cn1c(=O)n(C2CCN(S(=O)(=O)c3ccc(F)cc3Cl)CC2)c2cccnc21. The number of pyridine rings is 1. The van der Waals surface area contributed by atoms with Gasteiger partial charge in [-0.15, -0.1) is 0 Å². The molecule has 3 aromatic rings. The number of piperidine rings is 1. The fourth-order valence-electron chi connectivity index (χ4n) is 3.99. The molecule has 8 nitrogen and oxygen atoms in total. The maximum atomic E-state index is 13.3. The third-order valence-corrected chi connectivity index (χ3v) is 7.78. The van der Waals surface area contributed by atoms with Gasteiger partial charge in [-0.25, -0.2) is 22.6 Å². The van der Waals surface area contributed by atoms with E-state index >= 15 is 0 Å². The molecule has 1 saturated heterocycles. The molecule has 3 heterocycles. The molecule has 11 heteroatoms. The van der Waals surface area contributed by atoms with Gasteiger partial charge in [-0.1, -0.05) is 11.6 Å². The van der Waals surface area contributed by atoms with E-state index in [4.69, 9.17) is 11.6 Å². The van der Waals surface area contributed by atoms with E-state index in [1.165, 1.54) is 15.8 Å². The van der Waals surface area contributed by atoms with Gasteiger partial charge in [0.15, 0.2) is 5.65 Å². The Morgan fingerprint density at radius 3 is 2.61 bits per heavy atom. The van der Waals surface area contributed by atoms with E-state index in [9.17, 15) is 22.4 Å². The Kier molecular flexibility index (Phi) is 5.71. The maximum absolute atomic E-state index is 13.3. The van der Waals surface area contributed by atoms with Crippen LogP contribution in [0.2, 0.25) is 5.02 Å². The van der Waals surface area contributed by atoms with Gasteiger partial charge in [0.2, 0.25) is 10.0 Å². The summed E-state index contributed by atoms with van der Waals surface area (Å²) in [6.07, 6.45) is 2.35. The second kappa shape index (κ2) is 8.18. The highest BCUT2D eigenvalue weighted by Crippen LogP contribution is 2.31. The zero-order valence-corrected chi connectivity index (χ0v) is 18.2. The van der Waals surface area contributed by atoms with Gasteiger partial charge in [-0.3, -0.25) is 13.9 Å². The van der Waals surface area contributed by atoms with Gasteiger partial charge in [0, 0.05) is 25.3 Å². The van der Waals surface area contributed by atoms with Gasteiger partial charge >= 0.3 is 5.69 Å². The minimum Gasteiger partial charge on any atom is -0.298 e. The zero-order valence-electron chi connectivity index (χ0n) is 16.7. The van der Waals surface area contributed by atoms with Crippen molar-refractivity contribution in [3.8, 4) is 0 Å². The predicted octanol–water partition coefficient (Wildman–Crippen LogP) is 2.61. The Morgan fingerprint density at radius 1 is 1.26 bits per heavy atom. The average molecular weight is 467 g/mol. The van der Waals surface area contributed by atoms with Crippen LogP contribution in [-0.4, -0.2) is 45.7 Å². The summed E-state index contributed by atoms with van der Waals surface area (Å²) in [5.41, 5.74) is 0.694. The Balaban J connectivity index is 1.62. The van der Waals surface area contributed by atoms with Crippen LogP contribution in [0.15, 0.2) is 46.2 Å². The van der Waals surface area contributed by atoms with E-state index in [1.54, 1.807) is 22.9 Å². The molecule has 0 atom stereocenters. The van der Waals surface area contributed by atoms with Gasteiger partial charge in [0.1, 0.15) is 16.5 Å². The van der Waals surface area contributed by atoms with Gasteiger partial charge in [-0.05, 0) is 50.1 Å². The molecule has 0 radical (unpaired) electrons. The Labute approximate surface area is 182 Å². The Morgan fingerprint density at radius 2 is 1.97 bits per heavy atom. The van der Waals surface area contributed by atoms with E-state index in [1.807, 2.05) is 0 Å². The summed E-state index contributed by atoms with van der Waals surface area (Å²) >= 11 is 5.96. The monoisotopic (exact) mass is 466 g/mol. The summed E-state index contributed by atoms with van der Waals surface area (Å²) in [7, 11) is -3.89. The molecule has 0 spiro atoms. The molecule has 2 aromatic heterocycles. The normalized spacial score (nSPS) is 16.1. The smallest absolute Gasteiger partial charge is 0.298 e. The summed E-state index contributed by atoms with van der Waals surface area (Å²) in [4.78, 5) is 28.8. The number of hydrogen-bond donors (Lipinski definition) is 0. The first kappa shape index (κ1) is 21.7. The number of fused-ring (bicyclic) bond motifs is 1. The third-order valence-electron chi connectivity index (χ3n) is 5.40. The molecule has 0 amide bonds. The topological polar surface area (TPSA) is 94.3 Å². The molecular weight excluding hydrogens is 447 g/mol. The number of imidazole rings is 1. The molecule has 0 saturated carbocycles. The number of rotatable bonds is 5. The third kappa shape index (κ3) is 3.90. The minimum absolute atomic E-state index is 0.0738. The molecule has 0 unspecified atom stereocenters. The number of sulfonamides is 1. The summed E-state index contributed by atoms with van der Waals surface area (Å²) in [6, 6.07) is 6.42. The predicted molar refractivity (Wildman–Crippen MR) is 113 cm³/mol. The summed E-state index contributed by atoms with van der Waals surface area (Å²) in [5.74, 6) is -0.776. The lowest BCUT2D eigenvalue weighted by Crippen LogP contribution is -2.41. The first-order valence-electron chi connectivity index (χ1n) is 9.70. The van der Waals surface area contributed by atoms with Crippen LogP contribution in [0.3, 0.4) is 0 Å². The number of aromatic nitrogens is 3. The standard InChI is InChI=1S/C20H20ClFN4O4S/c1-13(27)12-25-19-17(3-2-8-23-19)26(20(25)28)15-6-9-24(10-7-15)31(29,30)18-5-4-14(22)11-16(18)21/h2-5,8,11,15H,6-7,9-10,12H2,1H3. The molecule has 0 N–H and O–H groups in total. The lowest BCUT2D eigenvalue weighted by molar-refractivity contribution is -0.117. The van der Waals surface area contributed by atoms with Crippen LogP contribution in [0, 0.1) is 5.82 Å². The average Bonchev–Trinajstić information content (AvgIpc) is 2.99. The van der Waals surface area contributed by atoms with Crippen LogP contribution >= 0.6 is 11.6 Å². The number of carbonyl (C=O) groups excluding carboxylic acids is 1. The first-order chi connectivity index (χ1) is 14.7. The Hall–Kier alpha value is -2.56. The van der Waals surface area contributed by atoms with Crippen molar-refractivity contribution < 1.29 is 17.6 Å². The molecule has 0 aliphatic carbocycles. The highest BCUT2D eigenvalue weighted by atomic mass is 35.5. The van der Waals surface area contributed by atoms with Gasteiger partial charge in [-0.2, -0.15) is 4.31 Å². The van der Waals surface area contributed by atoms with Crippen LogP contribution in [0.5, 0.6) is 0 Å². The number of halogens is 2. The Bertz CT molecular complexity index is 1330. The van der Waals surface area contributed by atoms with Crippen molar-refractivity contribution in [2.75, 3.05) is 13.1 Å². The van der Waals surface area contributed by atoms with Crippen molar-refractivity contribution in [3.63, 3.8) is 0 Å². The zero-order chi connectivity index (χ0) is 22.3. The molecule has 0 bridgehead atoms. The highest BCUT2D eigenvalue weighted by molar-refractivity contribution is 7.89. The van der Waals surface area contributed by atoms with Crippen LogP contribution in [-0.2, 0) is 21.4 Å². The molecule has 1 aromatic carbocycles. The molecule has 1 fully saturated rings. The molecule has 4 rings (SSSR count). The van der Waals surface area contributed by atoms with Crippen molar-refractivity contribution in [2.24, 2.45) is 0 Å². The van der Waals surface area contributed by atoms with Gasteiger partial charge < -0.3 is 0 Å². The highest BCUT2D eigenvalue weighted by Gasteiger charge is 2.33. The van der Waals surface area contributed by atoms with Crippen LogP contribution < -0.4 is 5.69 Å². The number of benzene rings is 1. The van der Waals surface area contributed by atoms with E-state index in [2.05, 4.69) is 4.98 Å². The lowest BCUT2D eigenvalue weighted by Gasteiger charge is -2.32. The quantitative estimate of drug-likeness (QED) is 0.576. The van der Waals surface area contributed by atoms with Crippen LogP contribution in [0.4, 0.5) is 4.39 Å². The summed E-state index contributed by atoms with van der Waals surface area (Å²) < 4.78 is 43.5. The van der Waals surface area contributed by atoms with E-state index in [0.717, 1.165) is 18.2 Å². The minimum atomic E-state index is -3.89. The first-order valence-corrected chi connectivity index (χ1v) is 11.5. The van der Waals surface area contributed by atoms with Crippen molar-refractivity contribution in [1.29, 1.82) is 0 Å². The van der Waals surface area contributed by atoms with Gasteiger partial charge in [0.25, 0.3) is 0 Å². The molecule has 164 valence electrons. The molecule has 1 aliphatic heterocycles. The van der Waals surface area contributed by atoms with Crippen molar-refractivity contribution in [2.45, 2.75) is 37.2 Å². The van der Waals surface area contributed by atoms with E-state index < -0.39 is 15.8 Å². The fourth-order valence-corrected chi connectivity index (χ4v) is 5.97. The number of ketones is 1. The van der Waals surface area contributed by atoms with Crippen molar-refractivity contribution in [1.82, 2.24) is 18.4 Å². The number of nitrogens with zero attached hydrogens (tertiary/aromatic N) is 4.